The molecule has 1 aromatic carbocycles. The number of hydrogen-bond donors (Lipinski definition) is 2. The lowest BCUT2D eigenvalue weighted by molar-refractivity contribution is 0.102. The van der Waals surface area contributed by atoms with Crippen molar-refractivity contribution in [3.63, 3.8) is 0 Å². The fraction of sp³-hybridized carbons (Fsp3) is 0. The Morgan fingerprint density at radius 2 is 1.44 bits per heavy atom. The monoisotopic (exact) mass is 352 g/mol. The van der Waals surface area contributed by atoms with Crippen molar-refractivity contribution in [2.45, 2.75) is 0 Å². The van der Waals surface area contributed by atoms with Gasteiger partial charge in [0.15, 0.2) is 0 Å². The molecule has 0 aliphatic carbocycles. The van der Waals surface area contributed by atoms with Crippen molar-refractivity contribution in [2.24, 2.45) is 0 Å². The van der Waals surface area contributed by atoms with Crippen molar-refractivity contribution in [2.75, 3.05) is 10.6 Å². The average molecular weight is 353 g/mol. The van der Waals surface area contributed by atoms with Crippen molar-refractivity contribution < 1.29 is 9.59 Å². The fourth-order valence-electron chi connectivity index (χ4n) is 2.16. The summed E-state index contributed by atoms with van der Waals surface area (Å²) >= 11 is 5.94. The molecule has 7 heteroatoms. The molecular weight excluding hydrogens is 340 g/mol. The van der Waals surface area contributed by atoms with Crippen LogP contribution in [0.25, 0.3) is 0 Å². The Morgan fingerprint density at radius 1 is 0.760 bits per heavy atom. The highest BCUT2D eigenvalue weighted by Gasteiger charge is 2.16. The molecule has 0 unspecified atom stereocenters. The molecule has 6 nitrogen and oxygen atoms in total. The van der Waals surface area contributed by atoms with E-state index in [1.165, 1.54) is 6.20 Å². The third-order valence-electron chi connectivity index (χ3n) is 3.33. The fourth-order valence-corrected chi connectivity index (χ4v) is 2.36. The quantitative estimate of drug-likeness (QED) is 0.702. The van der Waals surface area contributed by atoms with Crippen molar-refractivity contribution in [1.29, 1.82) is 0 Å². The number of pyridine rings is 2. The average Bonchev–Trinajstić information content (AvgIpc) is 2.63. The molecule has 0 spiro atoms. The number of nitrogens with one attached hydrogen (secondary N) is 2. The van der Waals surface area contributed by atoms with Gasteiger partial charge < -0.3 is 10.6 Å². The first-order chi connectivity index (χ1) is 12.1. The first-order valence-electron chi connectivity index (χ1n) is 7.38. The second-order valence-corrected chi connectivity index (χ2v) is 5.37. The van der Waals surface area contributed by atoms with Crippen LogP contribution in [-0.4, -0.2) is 21.8 Å². The third-order valence-corrected chi connectivity index (χ3v) is 3.63. The van der Waals surface area contributed by atoms with Crippen LogP contribution in [0.4, 0.5) is 11.5 Å². The molecule has 0 radical (unpaired) electrons. The third kappa shape index (κ3) is 3.99. The largest absolute Gasteiger partial charge is 0.321 e. The number of benzene rings is 1. The Kier molecular flexibility index (Phi) is 5.01. The summed E-state index contributed by atoms with van der Waals surface area (Å²) in [6, 6.07) is 15.0. The highest BCUT2D eigenvalue weighted by molar-refractivity contribution is 6.33. The minimum atomic E-state index is -0.448. The van der Waals surface area contributed by atoms with E-state index < -0.39 is 5.91 Å². The normalized spacial score (nSPS) is 10.1. The Morgan fingerprint density at radius 3 is 2.20 bits per heavy atom. The number of rotatable bonds is 4. The molecule has 0 saturated carbocycles. The van der Waals surface area contributed by atoms with Crippen molar-refractivity contribution >= 4 is 34.9 Å². The number of anilines is 2. The van der Waals surface area contributed by atoms with Crippen molar-refractivity contribution in [1.82, 2.24) is 9.97 Å². The molecule has 2 amide bonds. The van der Waals surface area contributed by atoms with Gasteiger partial charge in [-0.2, -0.15) is 0 Å². The van der Waals surface area contributed by atoms with Gasteiger partial charge in [-0.25, -0.2) is 9.97 Å². The van der Waals surface area contributed by atoms with Gasteiger partial charge >= 0.3 is 0 Å². The molecule has 0 fully saturated rings. The zero-order chi connectivity index (χ0) is 17.6. The van der Waals surface area contributed by atoms with E-state index in [0.717, 1.165) is 0 Å². The number of nitrogens with zero attached hydrogens (tertiary/aromatic N) is 2. The SMILES string of the molecule is O=C(Nc1ccccn1)c1ccccc1NC(=O)c1cccnc1Cl. The molecule has 0 aliphatic rings. The molecule has 3 aromatic rings. The van der Waals surface area contributed by atoms with Crippen molar-refractivity contribution in [3.05, 3.63) is 83.3 Å². The maximum atomic E-state index is 12.5. The topological polar surface area (TPSA) is 84.0 Å². The summed E-state index contributed by atoms with van der Waals surface area (Å²) in [6.07, 6.45) is 3.07. The van der Waals surface area contributed by atoms with Crippen LogP contribution in [0.1, 0.15) is 20.7 Å². The van der Waals surface area contributed by atoms with Gasteiger partial charge in [-0.1, -0.05) is 29.8 Å². The first-order valence-corrected chi connectivity index (χ1v) is 7.76. The molecule has 0 aliphatic heterocycles. The Labute approximate surface area is 148 Å². The van der Waals surface area contributed by atoms with E-state index in [1.54, 1.807) is 60.8 Å². The van der Waals surface area contributed by atoms with Gasteiger partial charge in [-0.05, 0) is 36.4 Å². The minimum absolute atomic E-state index is 0.0930. The lowest BCUT2D eigenvalue weighted by Crippen LogP contribution is -2.19. The number of aromatic nitrogens is 2. The smallest absolute Gasteiger partial charge is 0.258 e. The highest BCUT2D eigenvalue weighted by Crippen LogP contribution is 2.19. The summed E-state index contributed by atoms with van der Waals surface area (Å²) in [5.74, 6) is -0.410. The Hall–Kier alpha value is -3.25. The van der Waals surface area contributed by atoms with E-state index in [-0.39, 0.29) is 16.6 Å². The summed E-state index contributed by atoms with van der Waals surface area (Å²) in [5.41, 5.74) is 0.895. The second kappa shape index (κ2) is 7.55. The van der Waals surface area contributed by atoms with Gasteiger partial charge in [0.1, 0.15) is 11.0 Å². The zero-order valence-corrected chi connectivity index (χ0v) is 13.7. The number of amides is 2. The predicted octanol–water partition coefficient (Wildman–Crippen LogP) is 3.63. The molecule has 124 valence electrons. The van der Waals surface area contributed by atoms with Crippen LogP contribution in [0.3, 0.4) is 0 Å². The van der Waals surface area contributed by atoms with Crippen LogP contribution in [0.2, 0.25) is 5.15 Å². The minimum Gasteiger partial charge on any atom is -0.321 e. The predicted molar refractivity (Wildman–Crippen MR) is 95.8 cm³/mol. The van der Waals surface area contributed by atoms with E-state index in [1.807, 2.05) is 0 Å². The summed E-state index contributed by atoms with van der Waals surface area (Å²) in [7, 11) is 0. The standard InChI is InChI=1S/C18H13ClN4O2/c19-16-13(7-5-11-21-16)18(25)22-14-8-2-1-6-12(14)17(24)23-15-9-3-4-10-20-15/h1-11H,(H,22,25)(H,20,23,24). The van der Waals surface area contributed by atoms with Crippen LogP contribution < -0.4 is 10.6 Å². The van der Waals surface area contributed by atoms with Crippen molar-refractivity contribution in [3.8, 4) is 0 Å². The molecule has 2 N–H and O–H groups in total. The van der Waals surface area contributed by atoms with Crippen LogP contribution in [0.5, 0.6) is 0 Å². The maximum absolute atomic E-state index is 12.5. The van der Waals surface area contributed by atoms with Gasteiger partial charge in [-0.3, -0.25) is 9.59 Å². The van der Waals surface area contributed by atoms with Crippen LogP contribution in [-0.2, 0) is 0 Å². The number of carbonyl (C=O) groups is 2. The molecule has 2 aromatic heterocycles. The Balaban J connectivity index is 1.82. The van der Waals surface area contributed by atoms with Gasteiger partial charge in [0.2, 0.25) is 0 Å². The van der Waals surface area contributed by atoms with Crippen LogP contribution >= 0.6 is 11.6 Å². The Bertz CT molecular complexity index is 916. The van der Waals surface area contributed by atoms with Gasteiger partial charge in [0.25, 0.3) is 11.8 Å². The summed E-state index contributed by atoms with van der Waals surface area (Å²) in [5, 5.41) is 5.47. The highest BCUT2D eigenvalue weighted by atomic mass is 35.5. The molecule has 25 heavy (non-hydrogen) atoms. The number of hydrogen-bond acceptors (Lipinski definition) is 4. The zero-order valence-electron chi connectivity index (χ0n) is 12.9. The first kappa shape index (κ1) is 16.6. The lowest BCUT2D eigenvalue weighted by Gasteiger charge is -2.11. The molecular formula is C18H13ClN4O2. The van der Waals surface area contributed by atoms with Gasteiger partial charge in [0.05, 0.1) is 16.8 Å². The molecule has 0 bridgehead atoms. The van der Waals surface area contributed by atoms with Crippen LogP contribution in [0.15, 0.2) is 67.0 Å². The molecule has 2 heterocycles. The summed E-state index contributed by atoms with van der Waals surface area (Å²) in [4.78, 5) is 32.8. The van der Waals surface area contributed by atoms with E-state index in [4.69, 9.17) is 11.6 Å². The second-order valence-electron chi connectivity index (χ2n) is 5.01. The van der Waals surface area contributed by atoms with Crippen LogP contribution in [0, 0.1) is 0 Å². The maximum Gasteiger partial charge on any atom is 0.258 e. The van der Waals surface area contributed by atoms with E-state index >= 15 is 0 Å². The molecule has 0 saturated heterocycles. The van der Waals surface area contributed by atoms with E-state index in [9.17, 15) is 9.59 Å². The molecule has 3 rings (SSSR count). The van der Waals surface area contributed by atoms with E-state index in [0.29, 0.717) is 17.1 Å². The summed E-state index contributed by atoms with van der Waals surface area (Å²) < 4.78 is 0. The number of halogens is 1. The van der Waals surface area contributed by atoms with Gasteiger partial charge in [-0.15, -0.1) is 0 Å². The number of para-hydroxylation sites is 1. The lowest BCUT2D eigenvalue weighted by atomic mass is 10.1. The van der Waals surface area contributed by atoms with Gasteiger partial charge in [0, 0.05) is 12.4 Å². The number of carbonyl (C=O) groups excluding carboxylic acids is 2. The summed E-state index contributed by atoms with van der Waals surface area (Å²) in [6.45, 7) is 0. The van der Waals surface area contributed by atoms with E-state index in [2.05, 4.69) is 20.6 Å². The molecule has 0 atom stereocenters.